The van der Waals surface area contributed by atoms with Crippen LogP contribution in [0.25, 0.3) is 22.2 Å². The molecule has 40 heavy (non-hydrogen) atoms. The van der Waals surface area contributed by atoms with Crippen molar-refractivity contribution in [2.45, 2.75) is 46.0 Å². The molecule has 0 radical (unpaired) electrons. The molecule has 1 heterocycles. The van der Waals surface area contributed by atoms with E-state index in [1.807, 2.05) is 48.0 Å². The highest BCUT2D eigenvalue weighted by atomic mass is 16.6. The summed E-state index contributed by atoms with van der Waals surface area (Å²) >= 11 is 0. The molecular formula is C33H39N3O4. The van der Waals surface area contributed by atoms with E-state index in [4.69, 9.17) is 4.74 Å². The lowest BCUT2D eigenvalue weighted by molar-refractivity contribution is -0.385. The van der Waals surface area contributed by atoms with Crippen LogP contribution in [0.2, 0.25) is 0 Å². The number of rotatable bonds is 15. The number of aromatic nitrogens is 1. The summed E-state index contributed by atoms with van der Waals surface area (Å²) in [5, 5.41) is 12.5. The second kappa shape index (κ2) is 13.9. The predicted octanol–water partition coefficient (Wildman–Crippen LogP) is 7.66. The average Bonchev–Trinajstić information content (AvgIpc) is 3.32. The van der Waals surface area contributed by atoms with Crippen LogP contribution in [0.3, 0.4) is 0 Å². The van der Waals surface area contributed by atoms with Crippen molar-refractivity contribution in [1.82, 2.24) is 9.47 Å². The second-order valence-corrected chi connectivity index (χ2v) is 10.2. The molecule has 0 fully saturated rings. The number of ether oxygens (including phenoxy) is 1. The lowest BCUT2D eigenvalue weighted by Crippen LogP contribution is -2.28. The fraction of sp³-hybridized carbons (Fsp3) is 0.364. The maximum absolute atomic E-state index is 13.7. The fourth-order valence-corrected chi connectivity index (χ4v) is 5.10. The van der Waals surface area contributed by atoms with Gasteiger partial charge in [-0.25, -0.2) is 0 Å². The number of aryl methyl sites for hydroxylation is 1. The molecule has 0 saturated heterocycles. The van der Waals surface area contributed by atoms with E-state index < -0.39 is 4.92 Å². The first-order chi connectivity index (χ1) is 19.4. The number of nitro groups is 1. The number of carbonyl (C=O) groups is 1. The van der Waals surface area contributed by atoms with Crippen LogP contribution in [-0.4, -0.2) is 46.4 Å². The highest BCUT2D eigenvalue weighted by Crippen LogP contribution is 2.35. The molecule has 1 aromatic heterocycles. The Balaban J connectivity index is 1.51. The van der Waals surface area contributed by atoms with E-state index in [1.165, 1.54) is 31.7 Å². The van der Waals surface area contributed by atoms with Crippen LogP contribution in [0.1, 0.15) is 61.9 Å². The van der Waals surface area contributed by atoms with E-state index in [-0.39, 0.29) is 17.0 Å². The standard InChI is InChI=1S/C33H39N3O4/c1-4-6-20-35(21-7-5-2)22-11-23-40-27-16-14-26(15-17-27)33(37)32-28-24-31(25-12-9-8-10-13-25)34(3)29(28)18-19-30(32)36(38)39/h8-10,12-19,24H,4-7,11,20-23H2,1-3H3. The van der Waals surface area contributed by atoms with E-state index in [0.717, 1.165) is 42.8 Å². The predicted molar refractivity (Wildman–Crippen MR) is 161 cm³/mol. The van der Waals surface area contributed by atoms with Crippen LogP contribution in [-0.2, 0) is 7.05 Å². The summed E-state index contributed by atoms with van der Waals surface area (Å²) in [4.78, 5) is 27.7. The van der Waals surface area contributed by atoms with Gasteiger partial charge in [0.1, 0.15) is 11.3 Å². The Morgan fingerprint density at radius 2 is 1.55 bits per heavy atom. The van der Waals surface area contributed by atoms with E-state index in [0.29, 0.717) is 23.3 Å². The monoisotopic (exact) mass is 541 g/mol. The molecular weight excluding hydrogens is 502 g/mol. The first-order valence-electron chi connectivity index (χ1n) is 14.3. The summed E-state index contributed by atoms with van der Waals surface area (Å²) in [7, 11) is 1.91. The SMILES string of the molecule is CCCCN(CCCC)CCCOc1ccc(C(=O)c2c([N+](=O)[O-])ccc3c2cc(-c2ccccc2)n3C)cc1. The molecule has 0 bridgehead atoms. The molecule has 4 aromatic rings. The summed E-state index contributed by atoms with van der Waals surface area (Å²) < 4.78 is 7.92. The van der Waals surface area contributed by atoms with Crippen LogP contribution >= 0.6 is 0 Å². The zero-order valence-electron chi connectivity index (χ0n) is 23.8. The number of nitro benzene ring substituents is 1. The summed E-state index contributed by atoms with van der Waals surface area (Å²) in [6.07, 6.45) is 5.74. The first-order valence-corrected chi connectivity index (χ1v) is 14.3. The summed E-state index contributed by atoms with van der Waals surface area (Å²) in [5.41, 5.74) is 2.92. The van der Waals surface area contributed by atoms with Crippen molar-refractivity contribution in [3.63, 3.8) is 0 Å². The van der Waals surface area contributed by atoms with Gasteiger partial charge < -0.3 is 14.2 Å². The Morgan fingerprint density at radius 1 is 0.900 bits per heavy atom. The Kier molecular flexibility index (Phi) is 10.1. The van der Waals surface area contributed by atoms with Crippen LogP contribution < -0.4 is 4.74 Å². The first kappa shape index (κ1) is 29.0. The molecule has 0 aliphatic carbocycles. The van der Waals surface area contributed by atoms with Crippen molar-refractivity contribution in [2.24, 2.45) is 7.05 Å². The number of ketones is 1. The van der Waals surface area contributed by atoms with Gasteiger partial charge in [0.2, 0.25) is 5.78 Å². The Hall–Kier alpha value is -3.97. The number of hydrogen-bond donors (Lipinski definition) is 0. The van der Waals surface area contributed by atoms with Gasteiger partial charge in [-0.15, -0.1) is 0 Å². The normalized spacial score (nSPS) is 11.3. The van der Waals surface area contributed by atoms with Gasteiger partial charge in [0.25, 0.3) is 5.69 Å². The minimum atomic E-state index is -0.482. The van der Waals surface area contributed by atoms with Gasteiger partial charge in [-0.1, -0.05) is 57.0 Å². The summed E-state index contributed by atoms with van der Waals surface area (Å²) in [5.74, 6) is 0.306. The van der Waals surface area contributed by atoms with Gasteiger partial charge in [-0.3, -0.25) is 14.9 Å². The maximum atomic E-state index is 13.7. The van der Waals surface area contributed by atoms with E-state index in [2.05, 4.69) is 18.7 Å². The zero-order chi connectivity index (χ0) is 28.5. The molecule has 3 aromatic carbocycles. The second-order valence-electron chi connectivity index (χ2n) is 10.2. The average molecular weight is 542 g/mol. The summed E-state index contributed by atoms with van der Waals surface area (Å²) in [6.45, 7) is 8.29. The fourth-order valence-electron chi connectivity index (χ4n) is 5.10. The van der Waals surface area contributed by atoms with Crippen molar-refractivity contribution < 1.29 is 14.5 Å². The van der Waals surface area contributed by atoms with Gasteiger partial charge in [0.15, 0.2) is 0 Å². The molecule has 0 atom stereocenters. The lowest BCUT2D eigenvalue weighted by Gasteiger charge is -2.21. The van der Waals surface area contributed by atoms with E-state index in [9.17, 15) is 14.9 Å². The molecule has 0 saturated carbocycles. The van der Waals surface area contributed by atoms with Gasteiger partial charge in [0.05, 0.1) is 11.5 Å². The largest absolute Gasteiger partial charge is 0.494 e. The van der Waals surface area contributed by atoms with Crippen molar-refractivity contribution in [3.8, 4) is 17.0 Å². The van der Waals surface area contributed by atoms with E-state index >= 15 is 0 Å². The van der Waals surface area contributed by atoms with Gasteiger partial charge in [0, 0.05) is 41.8 Å². The topological polar surface area (TPSA) is 77.6 Å². The smallest absolute Gasteiger partial charge is 0.281 e. The van der Waals surface area contributed by atoms with Crippen LogP contribution in [0.5, 0.6) is 5.75 Å². The number of unbranched alkanes of at least 4 members (excludes halogenated alkanes) is 2. The van der Waals surface area contributed by atoms with Crippen LogP contribution in [0, 0.1) is 10.1 Å². The third-order valence-corrected chi connectivity index (χ3v) is 7.36. The number of fused-ring (bicyclic) bond motifs is 1. The third kappa shape index (κ3) is 6.77. The van der Waals surface area contributed by atoms with Gasteiger partial charge in [-0.05, 0) is 74.3 Å². The van der Waals surface area contributed by atoms with E-state index in [1.54, 1.807) is 30.3 Å². The minimum absolute atomic E-state index is 0.105. The lowest BCUT2D eigenvalue weighted by atomic mass is 9.98. The number of benzene rings is 3. The molecule has 0 aliphatic heterocycles. The number of nitrogens with zero attached hydrogens (tertiary/aromatic N) is 3. The molecule has 0 amide bonds. The Labute approximate surface area is 236 Å². The minimum Gasteiger partial charge on any atom is -0.494 e. The molecule has 0 aliphatic rings. The van der Waals surface area contributed by atoms with Gasteiger partial charge >= 0.3 is 0 Å². The Morgan fingerprint density at radius 3 is 2.17 bits per heavy atom. The Bertz CT molecular complexity index is 1420. The van der Waals surface area contributed by atoms with Gasteiger partial charge in [-0.2, -0.15) is 0 Å². The quantitative estimate of drug-likeness (QED) is 0.0668. The highest BCUT2D eigenvalue weighted by molar-refractivity contribution is 6.19. The molecule has 210 valence electrons. The molecule has 7 heteroatoms. The zero-order valence-corrected chi connectivity index (χ0v) is 23.8. The molecule has 0 spiro atoms. The molecule has 4 rings (SSSR count). The summed E-state index contributed by atoms with van der Waals surface area (Å²) in [6, 6.07) is 21.7. The van der Waals surface area contributed by atoms with Crippen LogP contribution in [0.15, 0.2) is 72.8 Å². The maximum Gasteiger partial charge on any atom is 0.281 e. The third-order valence-electron chi connectivity index (χ3n) is 7.36. The molecule has 0 N–H and O–H groups in total. The highest BCUT2D eigenvalue weighted by Gasteiger charge is 2.26. The van der Waals surface area contributed by atoms with Crippen molar-refractivity contribution in [2.75, 3.05) is 26.2 Å². The van der Waals surface area contributed by atoms with Crippen LogP contribution in [0.4, 0.5) is 5.69 Å². The van der Waals surface area contributed by atoms with Crippen molar-refractivity contribution >= 4 is 22.4 Å². The van der Waals surface area contributed by atoms with Crippen molar-refractivity contribution in [1.29, 1.82) is 0 Å². The number of carbonyl (C=O) groups excluding carboxylic acids is 1. The molecule has 7 nitrogen and oxygen atoms in total. The molecule has 0 unspecified atom stereocenters. The number of hydrogen-bond acceptors (Lipinski definition) is 5. The van der Waals surface area contributed by atoms with Crippen molar-refractivity contribution in [3.05, 3.63) is 94.0 Å².